The average molecular weight is 440 g/mol. The smallest absolute Gasteiger partial charge is 0.191 e. The van der Waals surface area contributed by atoms with Crippen LogP contribution in [0.4, 0.5) is 8.78 Å². The van der Waals surface area contributed by atoms with Crippen LogP contribution in [-0.4, -0.2) is 28.5 Å². The Morgan fingerprint density at radius 1 is 1.17 bits per heavy atom. The summed E-state index contributed by atoms with van der Waals surface area (Å²) in [6.45, 7) is 2.46. The number of ether oxygens (including phenoxy) is 2. The Morgan fingerprint density at radius 3 is 2.69 bits per heavy atom. The van der Waals surface area contributed by atoms with Gasteiger partial charge in [-0.15, -0.1) is 10.2 Å². The highest BCUT2D eigenvalue weighted by Gasteiger charge is 2.19. The summed E-state index contributed by atoms with van der Waals surface area (Å²) in [6, 6.07) is 10.4. The fourth-order valence-electron chi connectivity index (χ4n) is 2.75. The molecule has 154 valence electrons. The lowest BCUT2D eigenvalue weighted by atomic mass is 10.2. The minimum atomic E-state index is -0.441. The van der Waals surface area contributed by atoms with Crippen molar-refractivity contribution in [3.63, 3.8) is 0 Å². The van der Waals surface area contributed by atoms with Crippen LogP contribution >= 0.6 is 23.4 Å². The van der Waals surface area contributed by atoms with Gasteiger partial charge >= 0.3 is 0 Å². The molecule has 0 aliphatic rings. The number of halogens is 3. The van der Waals surface area contributed by atoms with Crippen molar-refractivity contribution in [3.05, 3.63) is 70.5 Å². The van der Waals surface area contributed by atoms with E-state index in [4.69, 9.17) is 21.1 Å². The predicted molar refractivity (Wildman–Crippen MR) is 108 cm³/mol. The maximum Gasteiger partial charge on any atom is 0.191 e. The van der Waals surface area contributed by atoms with Crippen LogP contribution in [0.1, 0.15) is 24.4 Å². The number of nitrogens with zero attached hydrogens (tertiary/aromatic N) is 3. The first kappa shape index (κ1) is 21.5. The number of hydrogen-bond acceptors (Lipinski definition) is 5. The van der Waals surface area contributed by atoms with Crippen molar-refractivity contribution in [1.82, 2.24) is 14.8 Å². The zero-order valence-corrected chi connectivity index (χ0v) is 17.5. The topological polar surface area (TPSA) is 49.2 Å². The number of hydrogen-bond donors (Lipinski definition) is 0. The first-order valence-electron chi connectivity index (χ1n) is 8.86. The van der Waals surface area contributed by atoms with E-state index in [1.54, 1.807) is 31.4 Å². The first-order valence-corrected chi connectivity index (χ1v) is 10.2. The quantitative estimate of drug-likeness (QED) is 0.424. The van der Waals surface area contributed by atoms with Gasteiger partial charge in [-0.2, -0.15) is 0 Å². The van der Waals surface area contributed by atoms with E-state index in [1.165, 1.54) is 30.0 Å². The van der Waals surface area contributed by atoms with Gasteiger partial charge in [-0.1, -0.05) is 41.6 Å². The molecule has 1 aromatic heterocycles. The third-order valence-corrected chi connectivity index (χ3v) is 5.49. The van der Waals surface area contributed by atoms with Crippen molar-refractivity contribution >= 4 is 23.4 Å². The molecule has 1 heterocycles. The Bertz CT molecular complexity index is 971. The molecule has 2 aromatic carbocycles. The summed E-state index contributed by atoms with van der Waals surface area (Å²) in [7, 11) is 1.61. The fraction of sp³-hybridized carbons (Fsp3) is 0.300. The summed E-state index contributed by atoms with van der Waals surface area (Å²) in [5, 5.41) is 9.45. The molecule has 29 heavy (non-hydrogen) atoms. The van der Waals surface area contributed by atoms with Crippen molar-refractivity contribution in [3.8, 4) is 5.75 Å². The van der Waals surface area contributed by atoms with E-state index >= 15 is 0 Å². The lowest BCUT2D eigenvalue weighted by molar-refractivity contribution is 0.154. The van der Waals surface area contributed by atoms with Gasteiger partial charge in [0.1, 0.15) is 12.4 Å². The van der Waals surface area contributed by atoms with Crippen molar-refractivity contribution in [2.75, 3.05) is 13.7 Å². The first-order chi connectivity index (χ1) is 14.0. The summed E-state index contributed by atoms with van der Waals surface area (Å²) < 4.78 is 39.8. The normalized spacial score (nSPS) is 12.2. The highest BCUT2D eigenvalue weighted by atomic mass is 35.5. The SMILES string of the molecule is COC[C@H](C)n1c(COc2ccccc2F)nnc1SCc1ccc(F)cc1Cl. The second kappa shape index (κ2) is 10.0. The molecule has 3 rings (SSSR count). The summed E-state index contributed by atoms with van der Waals surface area (Å²) in [5.74, 6) is 0.363. The van der Waals surface area contributed by atoms with Crippen LogP contribution in [0.15, 0.2) is 47.6 Å². The van der Waals surface area contributed by atoms with E-state index in [9.17, 15) is 8.78 Å². The van der Waals surface area contributed by atoms with Crippen molar-refractivity contribution in [2.45, 2.75) is 30.5 Å². The average Bonchev–Trinajstić information content (AvgIpc) is 3.10. The monoisotopic (exact) mass is 439 g/mol. The van der Waals surface area contributed by atoms with Gasteiger partial charge in [0, 0.05) is 17.9 Å². The Kier molecular flexibility index (Phi) is 7.46. The standard InChI is InChI=1S/C20H20ClF2N3O2S/c1-13(10-27-2)26-19(11-28-18-6-4-3-5-17(18)23)24-25-20(26)29-12-14-7-8-15(22)9-16(14)21/h3-9,13H,10-12H2,1-2H3/t13-/m0/s1. The molecule has 0 aliphatic heterocycles. The maximum absolute atomic E-state index is 13.8. The van der Waals surface area contributed by atoms with Gasteiger partial charge in [-0.3, -0.25) is 4.57 Å². The molecule has 0 unspecified atom stereocenters. The molecule has 0 aliphatic carbocycles. The number of rotatable bonds is 9. The number of benzene rings is 2. The molecular weight excluding hydrogens is 420 g/mol. The zero-order chi connectivity index (χ0) is 20.8. The molecule has 1 atom stereocenters. The lowest BCUT2D eigenvalue weighted by Gasteiger charge is -2.17. The van der Waals surface area contributed by atoms with Gasteiger partial charge in [-0.25, -0.2) is 8.78 Å². The van der Waals surface area contributed by atoms with Crippen LogP contribution in [0.2, 0.25) is 5.02 Å². The lowest BCUT2D eigenvalue weighted by Crippen LogP contribution is -2.16. The van der Waals surface area contributed by atoms with Crippen LogP contribution in [0.25, 0.3) is 0 Å². The second-order valence-electron chi connectivity index (χ2n) is 6.32. The molecule has 0 saturated carbocycles. The van der Waals surface area contributed by atoms with Crippen molar-refractivity contribution in [1.29, 1.82) is 0 Å². The van der Waals surface area contributed by atoms with Gasteiger partial charge in [0.25, 0.3) is 0 Å². The molecule has 0 saturated heterocycles. The third-order valence-electron chi connectivity index (χ3n) is 4.15. The number of methoxy groups -OCH3 is 1. The van der Waals surface area contributed by atoms with Crippen LogP contribution in [0.5, 0.6) is 5.75 Å². The Hall–Kier alpha value is -2.16. The van der Waals surface area contributed by atoms with E-state index in [-0.39, 0.29) is 24.2 Å². The van der Waals surface area contributed by atoms with Gasteiger partial charge in [0.05, 0.1) is 12.6 Å². The van der Waals surface area contributed by atoms with Gasteiger partial charge in [-0.05, 0) is 36.8 Å². The number of aromatic nitrogens is 3. The Morgan fingerprint density at radius 2 is 1.97 bits per heavy atom. The van der Waals surface area contributed by atoms with Crippen molar-refractivity contribution in [2.24, 2.45) is 0 Å². The van der Waals surface area contributed by atoms with Crippen LogP contribution in [0.3, 0.4) is 0 Å². The molecule has 0 amide bonds. The van der Waals surface area contributed by atoms with Crippen molar-refractivity contribution < 1.29 is 18.3 Å². The fourth-order valence-corrected chi connectivity index (χ4v) is 4.12. The molecule has 3 aromatic rings. The Labute approximate surface area is 177 Å². The van der Waals surface area contributed by atoms with E-state index < -0.39 is 5.82 Å². The summed E-state index contributed by atoms with van der Waals surface area (Å²) in [6.07, 6.45) is 0. The Balaban J connectivity index is 1.78. The molecule has 0 fully saturated rings. The van der Waals surface area contributed by atoms with E-state index in [1.807, 2.05) is 11.5 Å². The molecule has 0 radical (unpaired) electrons. The van der Waals surface area contributed by atoms with E-state index in [0.717, 1.165) is 5.56 Å². The highest BCUT2D eigenvalue weighted by Crippen LogP contribution is 2.29. The molecule has 5 nitrogen and oxygen atoms in total. The van der Waals surface area contributed by atoms with Gasteiger partial charge < -0.3 is 9.47 Å². The largest absolute Gasteiger partial charge is 0.483 e. The molecule has 0 N–H and O–H groups in total. The van der Waals surface area contributed by atoms with E-state index in [2.05, 4.69) is 10.2 Å². The minimum absolute atomic E-state index is 0.0554. The second-order valence-corrected chi connectivity index (χ2v) is 7.67. The summed E-state index contributed by atoms with van der Waals surface area (Å²) >= 11 is 7.53. The minimum Gasteiger partial charge on any atom is -0.483 e. The number of para-hydroxylation sites is 1. The van der Waals surface area contributed by atoms with Gasteiger partial charge in [0.2, 0.25) is 0 Å². The van der Waals surface area contributed by atoms with E-state index in [0.29, 0.717) is 28.4 Å². The van der Waals surface area contributed by atoms with Crippen LogP contribution in [-0.2, 0) is 17.1 Å². The molecule has 9 heteroatoms. The van der Waals surface area contributed by atoms with Gasteiger partial charge in [0.15, 0.2) is 22.5 Å². The predicted octanol–water partition coefficient (Wildman–Crippen LogP) is 5.29. The highest BCUT2D eigenvalue weighted by molar-refractivity contribution is 7.98. The van der Waals surface area contributed by atoms with Crippen LogP contribution < -0.4 is 4.74 Å². The number of thioether (sulfide) groups is 1. The molecule has 0 bridgehead atoms. The summed E-state index contributed by atoms with van der Waals surface area (Å²) in [5.41, 5.74) is 0.788. The van der Waals surface area contributed by atoms with Crippen LogP contribution in [0, 0.1) is 11.6 Å². The summed E-state index contributed by atoms with van der Waals surface area (Å²) in [4.78, 5) is 0. The zero-order valence-electron chi connectivity index (χ0n) is 15.9. The maximum atomic E-state index is 13.8. The molecule has 0 spiro atoms. The molecular formula is C20H20ClF2N3O2S. The third kappa shape index (κ3) is 5.46.